The van der Waals surface area contributed by atoms with Gasteiger partial charge in [0.2, 0.25) is 0 Å². The van der Waals surface area contributed by atoms with Crippen LogP contribution >= 0.6 is 0 Å². The second-order valence-electron chi connectivity index (χ2n) is 4.33. The Morgan fingerprint density at radius 1 is 1.53 bits per heavy atom. The van der Waals surface area contributed by atoms with E-state index in [2.05, 4.69) is 10.5 Å². The minimum absolute atomic E-state index is 0.468. The van der Waals surface area contributed by atoms with Gasteiger partial charge < -0.3 is 15.6 Å². The van der Waals surface area contributed by atoms with Crippen LogP contribution in [0.15, 0.2) is 4.52 Å². The third-order valence-electron chi connectivity index (χ3n) is 3.39. The maximum Gasteiger partial charge on any atom is 0.137 e. The summed E-state index contributed by atoms with van der Waals surface area (Å²) in [6.07, 6.45) is 1.14. The van der Waals surface area contributed by atoms with Crippen LogP contribution in [0.25, 0.3) is 0 Å². The van der Waals surface area contributed by atoms with E-state index in [1.807, 2.05) is 13.8 Å². The molecule has 0 radical (unpaired) electrons. The van der Waals surface area contributed by atoms with E-state index in [4.69, 9.17) is 10.3 Å². The van der Waals surface area contributed by atoms with Crippen LogP contribution in [-0.2, 0) is 0 Å². The van der Waals surface area contributed by atoms with E-state index in [1.165, 1.54) is 5.56 Å². The molecule has 1 aliphatic heterocycles. The first-order valence-corrected chi connectivity index (χ1v) is 5.57. The highest BCUT2D eigenvalue weighted by molar-refractivity contribution is 5.27. The number of nitrogens with zero attached hydrogens (tertiary/aromatic N) is 1. The molecule has 1 aromatic rings. The van der Waals surface area contributed by atoms with Gasteiger partial charge in [-0.2, -0.15) is 0 Å². The molecule has 0 aromatic carbocycles. The summed E-state index contributed by atoms with van der Waals surface area (Å²) >= 11 is 0. The summed E-state index contributed by atoms with van der Waals surface area (Å²) < 4.78 is 5.22. The molecule has 1 aliphatic rings. The molecule has 2 atom stereocenters. The van der Waals surface area contributed by atoms with Crippen LogP contribution in [0, 0.1) is 19.8 Å². The second kappa shape index (κ2) is 4.33. The highest BCUT2D eigenvalue weighted by Gasteiger charge is 2.29. The van der Waals surface area contributed by atoms with Crippen molar-refractivity contribution in [3.05, 3.63) is 17.0 Å². The molecule has 2 heterocycles. The Morgan fingerprint density at radius 3 is 2.93 bits per heavy atom. The number of aromatic nitrogens is 1. The van der Waals surface area contributed by atoms with Crippen molar-refractivity contribution in [3.8, 4) is 0 Å². The zero-order valence-corrected chi connectivity index (χ0v) is 9.42. The van der Waals surface area contributed by atoms with Gasteiger partial charge in [-0.3, -0.25) is 0 Å². The molecule has 1 saturated heterocycles. The van der Waals surface area contributed by atoms with E-state index in [9.17, 15) is 0 Å². The average molecular weight is 209 g/mol. The van der Waals surface area contributed by atoms with E-state index in [0.717, 1.165) is 37.5 Å². The summed E-state index contributed by atoms with van der Waals surface area (Å²) in [4.78, 5) is 0. The standard InChI is InChI=1S/C11H19N3O/c1-7-11(8(2)15-14-7)10-6-13-4-3-9(10)5-12/h9-10,13H,3-6,12H2,1-2H3. The van der Waals surface area contributed by atoms with Gasteiger partial charge in [0.1, 0.15) is 5.76 Å². The summed E-state index contributed by atoms with van der Waals surface area (Å²) in [5, 5.41) is 7.43. The van der Waals surface area contributed by atoms with Crippen LogP contribution in [0.3, 0.4) is 0 Å². The van der Waals surface area contributed by atoms with E-state index < -0.39 is 0 Å². The SMILES string of the molecule is Cc1noc(C)c1C1CNCCC1CN. The van der Waals surface area contributed by atoms with E-state index in [1.54, 1.807) is 0 Å². The summed E-state index contributed by atoms with van der Waals surface area (Å²) in [6.45, 7) is 6.80. The van der Waals surface area contributed by atoms with Gasteiger partial charge in [0.05, 0.1) is 5.69 Å². The number of nitrogens with two attached hydrogens (primary N) is 1. The molecule has 1 fully saturated rings. The van der Waals surface area contributed by atoms with Crippen molar-refractivity contribution in [3.63, 3.8) is 0 Å². The predicted molar refractivity (Wildman–Crippen MR) is 58.7 cm³/mol. The molecule has 1 aromatic heterocycles. The van der Waals surface area contributed by atoms with Crippen molar-refractivity contribution >= 4 is 0 Å². The quantitative estimate of drug-likeness (QED) is 0.761. The molecule has 4 heteroatoms. The van der Waals surface area contributed by atoms with Crippen LogP contribution in [0.2, 0.25) is 0 Å². The van der Waals surface area contributed by atoms with E-state index in [0.29, 0.717) is 11.8 Å². The van der Waals surface area contributed by atoms with Crippen molar-refractivity contribution in [2.24, 2.45) is 11.7 Å². The summed E-state index contributed by atoms with van der Waals surface area (Å²) in [5.74, 6) is 1.97. The molecule has 2 rings (SSSR count). The Morgan fingerprint density at radius 2 is 2.33 bits per heavy atom. The molecular formula is C11H19N3O. The van der Waals surface area contributed by atoms with Crippen LogP contribution in [0.1, 0.15) is 29.4 Å². The number of piperidine rings is 1. The molecule has 2 unspecified atom stereocenters. The zero-order valence-electron chi connectivity index (χ0n) is 9.42. The Balaban J connectivity index is 2.27. The lowest BCUT2D eigenvalue weighted by Crippen LogP contribution is -2.38. The lowest BCUT2D eigenvalue weighted by atomic mass is 9.81. The molecule has 0 amide bonds. The molecule has 4 nitrogen and oxygen atoms in total. The van der Waals surface area contributed by atoms with Gasteiger partial charge >= 0.3 is 0 Å². The highest BCUT2D eigenvalue weighted by Crippen LogP contribution is 2.32. The highest BCUT2D eigenvalue weighted by atomic mass is 16.5. The van der Waals surface area contributed by atoms with Gasteiger partial charge in [0.15, 0.2) is 0 Å². The number of nitrogens with one attached hydrogen (secondary N) is 1. The van der Waals surface area contributed by atoms with Crippen LogP contribution in [0.5, 0.6) is 0 Å². The monoisotopic (exact) mass is 209 g/mol. The van der Waals surface area contributed by atoms with Crippen LogP contribution in [-0.4, -0.2) is 24.8 Å². The molecular weight excluding hydrogens is 190 g/mol. The Bertz CT molecular complexity index is 315. The van der Waals surface area contributed by atoms with Crippen molar-refractivity contribution in [1.82, 2.24) is 10.5 Å². The fraction of sp³-hybridized carbons (Fsp3) is 0.727. The van der Waals surface area contributed by atoms with Gasteiger partial charge in [0.25, 0.3) is 0 Å². The third kappa shape index (κ3) is 1.92. The Labute approximate surface area is 90.2 Å². The Kier molecular flexibility index (Phi) is 3.07. The fourth-order valence-electron chi connectivity index (χ4n) is 2.55. The summed E-state index contributed by atoms with van der Waals surface area (Å²) in [7, 11) is 0. The fourth-order valence-corrected chi connectivity index (χ4v) is 2.55. The van der Waals surface area contributed by atoms with Gasteiger partial charge in [-0.25, -0.2) is 0 Å². The van der Waals surface area contributed by atoms with Crippen molar-refractivity contribution in [2.45, 2.75) is 26.2 Å². The maximum atomic E-state index is 5.82. The first-order chi connectivity index (χ1) is 7.24. The third-order valence-corrected chi connectivity index (χ3v) is 3.39. The molecule has 3 N–H and O–H groups in total. The number of hydrogen-bond donors (Lipinski definition) is 2. The second-order valence-corrected chi connectivity index (χ2v) is 4.33. The van der Waals surface area contributed by atoms with Crippen molar-refractivity contribution < 1.29 is 4.52 Å². The minimum Gasteiger partial charge on any atom is -0.361 e. The van der Waals surface area contributed by atoms with Gasteiger partial charge in [0, 0.05) is 18.0 Å². The topological polar surface area (TPSA) is 64.1 Å². The summed E-state index contributed by atoms with van der Waals surface area (Å²) in [6, 6.07) is 0. The van der Waals surface area contributed by atoms with Crippen LogP contribution < -0.4 is 11.1 Å². The lowest BCUT2D eigenvalue weighted by molar-refractivity contribution is 0.325. The van der Waals surface area contributed by atoms with Crippen molar-refractivity contribution in [2.75, 3.05) is 19.6 Å². The van der Waals surface area contributed by atoms with Crippen LogP contribution in [0.4, 0.5) is 0 Å². The molecule has 15 heavy (non-hydrogen) atoms. The first kappa shape index (κ1) is 10.6. The number of rotatable bonds is 2. The minimum atomic E-state index is 0.468. The first-order valence-electron chi connectivity index (χ1n) is 5.57. The van der Waals surface area contributed by atoms with Crippen molar-refractivity contribution in [1.29, 1.82) is 0 Å². The number of hydrogen-bond acceptors (Lipinski definition) is 4. The number of aryl methyl sites for hydroxylation is 2. The molecule has 84 valence electrons. The Hall–Kier alpha value is -0.870. The average Bonchev–Trinajstić information content (AvgIpc) is 2.59. The smallest absolute Gasteiger partial charge is 0.137 e. The predicted octanol–water partition coefficient (Wildman–Crippen LogP) is 0.943. The maximum absolute atomic E-state index is 5.82. The lowest BCUT2D eigenvalue weighted by Gasteiger charge is -2.31. The molecule has 0 aliphatic carbocycles. The molecule has 0 spiro atoms. The van der Waals surface area contributed by atoms with Gasteiger partial charge in [-0.15, -0.1) is 0 Å². The molecule has 0 saturated carbocycles. The summed E-state index contributed by atoms with van der Waals surface area (Å²) in [5.41, 5.74) is 8.10. The zero-order chi connectivity index (χ0) is 10.8. The van der Waals surface area contributed by atoms with E-state index >= 15 is 0 Å². The van der Waals surface area contributed by atoms with E-state index in [-0.39, 0.29) is 0 Å². The largest absolute Gasteiger partial charge is 0.361 e. The van der Waals surface area contributed by atoms with Gasteiger partial charge in [-0.05, 0) is 39.3 Å². The van der Waals surface area contributed by atoms with Gasteiger partial charge in [-0.1, -0.05) is 5.16 Å². The molecule has 0 bridgehead atoms. The normalized spacial score (nSPS) is 26.9.